The van der Waals surface area contributed by atoms with Gasteiger partial charge in [-0.3, -0.25) is 4.79 Å². The van der Waals surface area contributed by atoms with Crippen LogP contribution in [0, 0.1) is 17.7 Å². The van der Waals surface area contributed by atoms with Gasteiger partial charge in [0.2, 0.25) is 5.91 Å². The van der Waals surface area contributed by atoms with Crippen LogP contribution in [0.2, 0.25) is 0 Å². The van der Waals surface area contributed by atoms with Crippen LogP contribution in [0.25, 0.3) is 0 Å². The Morgan fingerprint density at radius 3 is 2.62 bits per heavy atom. The van der Waals surface area contributed by atoms with E-state index in [1.54, 1.807) is 21.9 Å². The molecule has 6 nitrogen and oxygen atoms in total. The molecule has 0 bridgehead atoms. The zero-order valence-corrected chi connectivity index (χ0v) is 17.9. The minimum Gasteiger partial charge on any atom is -0.394 e. The van der Waals surface area contributed by atoms with Gasteiger partial charge in [0.1, 0.15) is 12.4 Å². The Morgan fingerprint density at radius 2 is 1.94 bits per heavy atom. The lowest BCUT2D eigenvalue weighted by atomic mass is 9.73. The highest BCUT2D eigenvalue weighted by atomic mass is 19.1. The van der Waals surface area contributed by atoms with E-state index in [1.165, 1.54) is 12.1 Å². The van der Waals surface area contributed by atoms with E-state index in [2.05, 4.69) is 17.2 Å². The quantitative estimate of drug-likeness (QED) is 0.724. The maximum absolute atomic E-state index is 13.3. The highest BCUT2D eigenvalue weighted by Crippen LogP contribution is 2.42. The van der Waals surface area contributed by atoms with E-state index in [1.807, 2.05) is 31.2 Å². The maximum atomic E-state index is 13.3. The number of rotatable bonds is 4. The van der Waals surface area contributed by atoms with Crippen molar-refractivity contribution >= 4 is 11.9 Å². The van der Waals surface area contributed by atoms with Crippen molar-refractivity contribution < 1.29 is 19.1 Å². The number of nitrogens with zero attached hydrogens (tertiary/aromatic N) is 2. The van der Waals surface area contributed by atoms with Gasteiger partial charge in [0, 0.05) is 30.1 Å². The van der Waals surface area contributed by atoms with Gasteiger partial charge in [-0.2, -0.15) is 0 Å². The predicted octanol–water partition coefficient (Wildman–Crippen LogP) is 2.32. The lowest BCUT2D eigenvalue weighted by Crippen LogP contribution is -2.73. The van der Waals surface area contributed by atoms with E-state index in [0.29, 0.717) is 18.7 Å². The average Bonchev–Trinajstić information content (AvgIpc) is 2.78. The number of aliphatic hydroxyl groups is 1. The van der Waals surface area contributed by atoms with Crippen LogP contribution in [0.1, 0.15) is 36.0 Å². The molecule has 0 unspecified atom stereocenters. The summed E-state index contributed by atoms with van der Waals surface area (Å²) in [6.07, 6.45) is 0.826. The number of nitrogens with one attached hydrogen (secondary N) is 1. The minimum atomic E-state index is -0.323. The molecule has 0 aliphatic carbocycles. The lowest BCUT2D eigenvalue weighted by molar-refractivity contribution is -0.159. The smallest absolute Gasteiger partial charge is 0.317 e. The van der Waals surface area contributed by atoms with Crippen LogP contribution in [0.5, 0.6) is 0 Å². The van der Waals surface area contributed by atoms with Crippen molar-refractivity contribution in [3.8, 4) is 11.8 Å². The summed E-state index contributed by atoms with van der Waals surface area (Å²) in [5.74, 6) is 5.46. The molecule has 2 fully saturated rings. The average molecular weight is 435 g/mol. The van der Waals surface area contributed by atoms with Gasteiger partial charge in [-0.15, -0.1) is 0 Å². The number of urea groups is 1. The van der Waals surface area contributed by atoms with Crippen molar-refractivity contribution in [3.05, 3.63) is 71.0 Å². The van der Waals surface area contributed by atoms with Crippen molar-refractivity contribution in [2.24, 2.45) is 0 Å². The van der Waals surface area contributed by atoms with Crippen LogP contribution < -0.4 is 5.32 Å². The number of piperazine rings is 1. The van der Waals surface area contributed by atoms with E-state index in [0.717, 1.165) is 17.5 Å². The molecule has 3 atom stereocenters. The Balaban J connectivity index is 1.50. The Hall–Kier alpha value is -3.37. The number of hydrogen-bond acceptors (Lipinski definition) is 3. The second-order valence-corrected chi connectivity index (χ2v) is 8.14. The van der Waals surface area contributed by atoms with Gasteiger partial charge in [-0.25, -0.2) is 9.18 Å². The summed E-state index contributed by atoms with van der Waals surface area (Å²) in [6, 6.07) is 13.1. The topological polar surface area (TPSA) is 72.9 Å². The Labute approximate surface area is 187 Å². The molecular formula is C25H26FN3O3. The highest BCUT2D eigenvalue weighted by molar-refractivity contribution is 5.87. The fourth-order valence-corrected chi connectivity index (χ4v) is 4.50. The molecule has 0 saturated carbocycles. The van der Waals surface area contributed by atoms with Gasteiger partial charge < -0.3 is 20.2 Å². The number of carbonyl (C=O) groups excluding carboxylic acids is 2. The van der Waals surface area contributed by atoms with Gasteiger partial charge in [-0.05, 0) is 42.3 Å². The van der Waals surface area contributed by atoms with Crippen molar-refractivity contribution in [1.29, 1.82) is 0 Å². The highest BCUT2D eigenvalue weighted by Gasteiger charge is 2.54. The first-order chi connectivity index (χ1) is 15.5. The van der Waals surface area contributed by atoms with Gasteiger partial charge in [0.15, 0.2) is 0 Å². The van der Waals surface area contributed by atoms with Crippen LogP contribution in [-0.4, -0.2) is 65.2 Å². The first kappa shape index (κ1) is 21.8. The lowest BCUT2D eigenvalue weighted by Gasteiger charge is -2.58. The van der Waals surface area contributed by atoms with Gasteiger partial charge in [0.05, 0.1) is 18.7 Å². The monoisotopic (exact) mass is 435 g/mol. The largest absolute Gasteiger partial charge is 0.394 e. The Morgan fingerprint density at radius 1 is 1.19 bits per heavy atom. The summed E-state index contributed by atoms with van der Waals surface area (Å²) < 4.78 is 13.3. The SMILES string of the molecule is CCCNC(=O)N1CC(=O)N2[C@H](C1)[C@@H](c1ccc(C#Cc3cccc(F)c3)cc1)[C@@H]2CO. The molecular weight excluding hydrogens is 409 g/mol. The van der Waals surface area contributed by atoms with Crippen molar-refractivity contribution in [1.82, 2.24) is 15.1 Å². The number of hydrogen-bond donors (Lipinski definition) is 2. The zero-order chi connectivity index (χ0) is 22.7. The van der Waals surface area contributed by atoms with Crippen molar-refractivity contribution in [2.75, 3.05) is 26.2 Å². The maximum Gasteiger partial charge on any atom is 0.317 e. The summed E-state index contributed by atoms with van der Waals surface area (Å²) in [5.41, 5.74) is 2.38. The fourth-order valence-electron chi connectivity index (χ4n) is 4.50. The van der Waals surface area contributed by atoms with Crippen LogP contribution >= 0.6 is 0 Å². The zero-order valence-electron chi connectivity index (χ0n) is 17.9. The summed E-state index contributed by atoms with van der Waals surface area (Å²) in [4.78, 5) is 28.3. The second-order valence-electron chi connectivity index (χ2n) is 8.14. The molecule has 3 amide bonds. The van der Waals surface area contributed by atoms with Gasteiger partial charge in [0.25, 0.3) is 0 Å². The van der Waals surface area contributed by atoms with E-state index >= 15 is 0 Å². The molecule has 2 aliphatic heterocycles. The van der Waals surface area contributed by atoms with Crippen LogP contribution in [-0.2, 0) is 4.79 Å². The third-order valence-electron chi connectivity index (χ3n) is 6.04. The molecule has 2 heterocycles. The molecule has 0 aromatic heterocycles. The summed E-state index contributed by atoms with van der Waals surface area (Å²) in [6.45, 7) is 2.88. The molecule has 4 rings (SSSR count). The van der Waals surface area contributed by atoms with Gasteiger partial charge in [-0.1, -0.05) is 37.0 Å². The number of aliphatic hydroxyl groups excluding tert-OH is 1. The fraction of sp³-hybridized carbons (Fsp3) is 0.360. The molecule has 32 heavy (non-hydrogen) atoms. The predicted molar refractivity (Wildman–Crippen MR) is 118 cm³/mol. The van der Waals surface area contributed by atoms with E-state index in [9.17, 15) is 19.1 Å². The van der Waals surface area contributed by atoms with Crippen LogP contribution in [0.15, 0.2) is 48.5 Å². The van der Waals surface area contributed by atoms with E-state index < -0.39 is 0 Å². The van der Waals surface area contributed by atoms with Crippen molar-refractivity contribution in [2.45, 2.75) is 31.3 Å². The molecule has 2 aromatic carbocycles. The number of carbonyl (C=O) groups is 2. The standard InChI is InChI=1S/C25H26FN3O3/c1-2-12-27-25(32)28-14-21-24(22(16-30)29(21)23(31)15-28)19-10-8-17(9-11-19)6-7-18-4-3-5-20(26)13-18/h3-5,8-11,13,21-22,24,30H,2,12,14-16H2,1H3,(H,27,32)/t21-,22+,24-/m1/s1. The number of benzene rings is 2. The number of amides is 3. The van der Waals surface area contributed by atoms with Gasteiger partial charge >= 0.3 is 6.03 Å². The second kappa shape index (κ2) is 9.41. The van der Waals surface area contributed by atoms with Crippen LogP contribution in [0.4, 0.5) is 9.18 Å². The van der Waals surface area contributed by atoms with Crippen molar-refractivity contribution in [3.63, 3.8) is 0 Å². The molecule has 2 aromatic rings. The Bertz CT molecular complexity index is 1060. The first-order valence-corrected chi connectivity index (χ1v) is 10.8. The number of halogens is 1. The first-order valence-electron chi connectivity index (χ1n) is 10.8. The minimum absolute atomic E-state index is 0.0316. The molecule has 0 radical (unpaired) electrons. The Kier molecular flexibility index (Phi) is 6.42. The molecule has 2 aliphatic rings. The van der Waals surface area contributed by atoms with E-state index in [4.69, 9.17) is 0 Å². The molecule has 2 saturated heterocycles. The third-order valence-corrected chi connectivity index (χ3v) is 6.04. The molecule has 0 spiro atoms. The normalized spacial score (nSPS) is 21.8. The molecule has 166 valence electrons. The summed E-state index contributed by atoms with van der Waals surface area (Å²) in [7, 11) is 0. The summed E-state index contributed by atoms with van der Waals surface area (Å²) >= 11 is 0. The molecule has 2 N–H and O–H groups in total. The number of fused-ring (bicyclic) bond motifs is 1. The van der Waals surface area contributed by atoms with Crippen LogP contribution in [0.3, 0.4) is 0 Å². The third kappa shape index (κ3) is 4.32. The summed E-state index contributed by atoms with van der Waals surface area (Å²) in [5, 5.41) is 12.7. The molecule has 7 heteroatoms. The van der Waals surface area contributed by atoms with E-state index in [-0.39, 0.29) is 48.9 Å².